The summed E-state index contributed by atoms with van der Waals surface area (Å²) in [6.07, 6.45) is -2.93. The Morgan fingerprint density at radius 1 is 1.04 bits per heavy atom. The Kier molecular flexibility index (Phi) is 3.58. The molecule has 2 heterocycles. The summed E-state index contributed by atoms with van der Waals surface area (Å²) in [7, 11) is 0. The maximum absolute atomic E-state index is 14.1. The number of pyridine rings is 1. The number of hydrogen-bond acceptors (Lipinski definition) is 2. The molecule has 0 atom stereocenters. The zero-order valence-electron chi connectivity index (χ0n) is 12.4. The molecule has 0 N–H and O–H groups in total. The highest BCUT2D eigenvalue weighted by atomic mass is 19.4. The van der Waals surface area contributed by atoms with Crippen molar-refractivity contribution < 1.29 is 17.6 Å². The molecule has 23 heavy (non-hydrogen) atoms. The van der Waals surface area contributed by atoms with Crippen molar-refractivity contribution in [3.8, 4) is 11.1 Å². The van der Waals surface area contributed by atoms with Gasteiger partial charge in [0.2, 0.25) is 0 Å². The van der Waals surface area contributed by atoms with E-state index in [9.17, 15) is 17.6 Å². The summed E-state index contributed by atoms with van der Waals surface area (Å²) in [6.45, 7) is 3.89. The van der Waals surface area contributed by atoms with E-state index >= 15 is 0 Å². The van der Waals surface area contributed by atoms with E-state index in [1.165, 1.54) is 0 Å². The van der Waals surface area contributed by atoms with Crippen LogP contribution in [0.5, 0.6) is 0 Å². The minimum Gasteiger partial charge on any atom is -0.286 e. The van der Waals surface area contributed by atoms with E-state index in [1.54, 1.807) is 22.7 Å². The molecule has 2 aromatic heterocycles. The van der Waals surface area contributed by atoms with Gasteiger partial charge in [0.1, 0.15) is 11.6 Å². The smallest absolute Gasteiger partial charge is 0.286 e. The Labute approximate surface area is 129 Å². The second-order valence-corrected chi connectivity index (χ2v) is 5.55. The molecule has 0 saturated heterocycles. The SMILES string of the molecule is CC(C)c1nnc2ccc(-c3ccc(C(F)(F)F)cc3F)cn12. The van der Waals surface area contributed by atoms with Gasteiger partial charge in [-0.05, 0) is 24.3 Å². The summed E-state index contributed by atoms with van der Waals surface area (Å²) in [5.41, 5.74) is 0.158. The Balaban J connectivity index is 2.11. The Bertz CT molecular complexity index is 865. The van der Waals surface area contributed by atoms with Crippen LogP contribution in [0.1, 0.15) is 31.2 Å². The molecular weight excluding hydrogens is 310 g/mol. The summed E-state index contributed by atoms with van der Waals surface area (Å²) >= 11 is 0. The molecular formula is C16H13F4N3. The molecule has 0 spiro atoms. The summed E-state index contributed by atoms with van der Waals surface area (Å²) in [5, 5.41) is 8.08. The first-order valence-corrected chi connectivity index (χ1v) is 6.99. The van der Waals surface area contributed by atoms with Crippen LogP contribution in [-0.4, -0.2) is 14.6 Å². The third kappa shape index (κ3) is 2.78. The van der Waals surface area contributed by atoms with Crippen LogP contribution < -0.4 is 0 Å². The van der Waals surface area contributed by atoms with Crippen LogP contribution in [0.25, 0.3) is 16.8 Å². The molecule has 0 saturated carbocycles. The zero-order chi connectivity index (χ0) is 16.8. The fraction of sp³-hybridized carbons (Fsp3) is 0.250. The molecule has 0 bridgehead atoms. The summed E-state index contributed by atoms with van der Waals surface area (Å²) in [5.74, 6) is -0.106. The van der Waals surface area contributed by atoms with E-state index in [1.807, 2.05) is 13.8 Å². The van der Waals surface area contributed by atoms with E-state index in [0.717, 1.165) is 12.1 Å². The van der Waals surface area contributed by atoms with Gasteiger partial charge in [-0.1, -0.05) is 19.9 Å². The highest BCUT2D eigenvalue weighted by molar-refractivity contribution is 5.65. The number of nitrogens with zero attached hydrogens (tertiary/aromatic N) is 3. The molecule has 0 fully saturated rings. The van der Waals surface area contributed by atoms with Gasteiger partial charge >= 0.3 is 6.18 Å². The predicted octanol–water partition coefficient (Wildman–Crippen LogP) is 4.68. The van der Waals surface area contributed by atoms with Crippen molar-refractivity contribution >= 4 is 5.65 Å². The van der Waals surface area contributed by atoms with Gasteiger partial charge in [-0.25, -0.2) is 4.39 Å². The van der Waals surface area contributed by atoms with Crippen LogP contribution in [0.3, 0.4) is 0 Å². The van der Waals surface area contributed by atoms with E-state index in [2.05, 4.69) is 10.2 Å². The summed E-state index contributed by atoms with van der Waals surface area (Å²) in [4.78, 5) is 0. The molecule has 0 unspecified atom stereocenters. The van der Waals surface area contributed by atoms with E-state index in [0.29, 0.717) is 23.1 Å². The van der Waals surface area contributed by atoms with Gasteiger partial charge in [0.05, 0.1) is 5.56 Å². The van der Waals surface area contributed by atoms with Gasteiger partial charge in [0.25, 0.3) is 0 Å². The Hall–Kier alpha value is -2.44. The van der Waals surface area contributed by atoms with Crippen molar-refractivity contribution in [2.45, 2.75) is 25.9 Å². The average molecular weight is 323 g/mol. The average Bonchev–Trinajstić information content (AvgIpc) is 2.89. The normalized spacial score (nSPS) is 12.3. The summed E-state index contributed by atoms with van der Waals surface area (Å²) in [6, 6.07) is 5.79. The first-order chi connectivity index (χ1) is 10.8. The van der Waals surface area contributed by atoms with Crippen molar-refractivity contribution in [1.82, 2.24) is 14.6 Å². The quantitative estimate of drug-likeness (QED) is 0.641. The minimum absolute atomic E-state index is 0.100. The lowest BCUT2D eigenvalue weighted by Gasteiger charge is -2.10. The highest BCUT2D eigenvalue weighted by Gasteiger charge is 2.31. The van der Waals surface area contributed by atoms with Crippen LogP contribution in [0, 0.1) is 5.82 Å². The van der Waals surface area contributed by atoms with Crippen molar-refractivity contribution in [3.05, 3.63) is 53.7 Å². The fourth-order valence-corrected chi connectivity index (χ4v) is 2.39. The first-order valence-electron chi connectivity index (χ1n) is 6.99. The van der Waals surface area contributed by atoms with E-state index in [4.69, 9.17) is 0 Å². The molecule has 0 aliphatic rings. The fourth-order valence-electron chi connectivity index (χ4n) is 2.39. The van der Waals surface area contributed by atoms with Crippen molar-refractivity contribution in [1.29, 1.82) is 0 Å². The standard InChI is InChI=1S/C16H13F4N3/c1-9(2)15-22-21-14-6-3-10(8-23(14)15)12-5-4-11(7-13(12)17)16(18,19)20/h3-9H,1-2H3. The van der Waals surface area contributed by atoms with Gasteiger partial charge in [-0.2, -0.15) is 13.2 Å². The van der Waals surface area contributed by atoms with Gasteiger partial charge in [-0.15, -0.1) is 10.2 Å². The number of benzene rings is 1. The van der Waals surface area contributed by atoms with Crippen LogP contribution in [0.15, 0.2) is 36.5 Å². The molecule has 0 aliphatic heterocycles. The van der Waals surface area contributed by atoms with Crippen molar-refractivity contribution in [3.63, 3.8) is 0 Å². The number of aromatic nitrogens is 3. The lowest BCUT2D eigenvalue weighted by Crippen LogP contribution is -2.05. The van der Waals surface area contributed by atoms with Gasteiger partial charge in [-0.3, -0.25) is 4.40 Å². The second-order valence-electron chi connectivity index (χ2n) is 5.55. The molecule has 3 nitrogen and oxygen atoms in total. The molecule has 0 aliphatic carbocycles. The maximum Gasteiger partial charge on any atom is 0.416 e. The number of alkyl halides is 3. The van der Waals surface area contributed by atoms with E-state index < -0.39 is 17.6 Å². The number of halogens is 4. The first kappa shape index (κ1) is 15.5. The lowest BCUT2D eigenvalue weighted by atomic mass is 10.0. The maximum atomic E-state index is 14.1. The highest BCUT2D eigenvalue weighted by Crippen LogP contribution is 2.33. The predicted molar refractivity (Wildman–Crippen MR) is 77.5 cm³/mol. The van der Waals surface area contributed by atoms with Gasteiger partial charge < -0.3 is 0 Å². The lowest BCUT2D eigenvalue weighted by molar-refractivity contribution is -0.137. The Morgan fingerprint density at radius 3 is 2.39 bits per heavy atom. The van der Waals surface area contributed by atoms with Gasteiger partial charge in [0, 0.05) is 23.2 Å². The molecule has 0 amide bonds. The van der Waals surface area contributed by atoms with Crippen LogP contribution in [0.2, 0.25) is 0 Å². The molecule has 3 aromatic rings. The van der Waals surface area contributed by atoms with Crippen molar-refractivity contribution in [2.24, 2.45) is 0 Å². The minimum atomic E-state index is -4.57. The van der Waals surface area contributed by atoms with Crippen LogP contribution >= 0.6 is 0 Å². The molecule has 3 rings (SSSR count). The number of rotatable bonds is 2. The largest absolute Gasteiger partial charge is 0.416 e. The van der Waals surface area contributed by atoms with Crippen LogP contribution in [0.4, 0.5) is 17.6 Å². The van der Waals surface area contributed by atoms with Crippen molar-refractivity contribution in [2.75, 3.05) is 0 Å². The molecule has 120 valence electrons. The molecule has 7 heteroatoms. The molecule has 1 aromatic carbocycles. The second kappa shape index (κ2) is 5.33. The van der Waals surface area contributed by atoms with Gasteiger partial charge in [0.15, 0.2) is 5.65 Å². The third-order valence-electron chi connectivity index (χ3n) is 3.55. The zero-order valence-corrected chi connectivity index (χ0v) is 12.4. The topological polar surface area (TPSA) is 30.2 Å². The molecule has 0 radical (unpaired) electrons. The monoisotopic (exact) mass is 323 g/mol. The van der Waals surface area contributed by atoms with Crippen LogP contribution in [-0.2, 0) is 6.18 Å². The number of fused-ring (bicyclic) bond motifs is 1. The third-order valence-corrected chi connectivity index (χ3v) is 3.55. The Morgan fingerprint density at radius 2 is 1.78 bits per heavy atom. The summed E-state index contributed by atoms with van der Waals surface area (Å²) < 4.78 is 53.7. The van der Waals surface area contributed by atoms with E-state index in [-0.39, 0.29) is 11.5 Å². The number of hydrogen-bond donors (Lipinski definition) is 0.